The minimum Gasteiger partial charge on any atom is -0.288 e. The molecule has 0 aromatic heterocycles. The largest absolute Gasteiger partial charge is 0.288 e. The second-order valence-corrected chi connectivity index (χ2v) is 3.74. The van der Waals surface area contributed by atoms with Crippen molar-refractivity contribution in [2.24, 2.45) is 4.99 Å². The molecule has 1 nitrogen and oxygen atoms in total. The maximum atomic E-state index is 13.3. The van der Waals surface area contributed by atoms with Gasteiger partial charge in [0.25, 0.3) is 0 Å². The van der Waals surface area contributed by atoms with Crippen molar-refractivity contribution in [1.82, 2.24) is 0 Å². The molecular weight excluding hydrogens is 239 g/mol. The van der Waals surface area contributed by atoms with E-state index in [0.717, 1.165) is 11.8 Å². The van der Waals surface area contributed by atoms with E-state index in [1.165, 1.54) is 0 Å². The van der Waals surface area contributed by atoms with Crippen molar-refractivity contribution in [2.45, 2.75) is 6.54 Å². The van der Waals surface area contributed by atoms with Crippen LogP contribution in [0.4, 0.5) is 13.2 Å². The number of hydrogen-bond acceptors (Lipinski definition) is 1. The van der Waals surface area contributed by atoms with Gasteiger partial charge in [-0.3, -0.25) is 4.99 Å². The van der Waals surface area contributed by atoms with Crippen LogP contribution in [0.2, 0.25) is 0 Å². The van der Waals surface area contributed by atoms with Crippen LogP contribution in [0.3, 0.4) is 0 Å². The third-order valence-electron chi connectivity index (χ3n) is 2.38. The second-order valence-electron chi connectivity index (χ2n) is 3.74. The molecule has 2 rings (SSSR count). The van der Waals surface area contributed by atoms with Crippen LogP contribution < -0.4 is 0 Å². The third-order valence-corrected chi connectivity index (χ3v) is 2.38. The van der Waals surface area contributed by atoms with Crippen molar-refractivity contribution >= 4 is 6.21 Å². The van der Waals surface area contributed by atoms with Gasteiger partial charge < -0.3 is 0 Å². The monoisotopic (exact) mass is 249 g/mol. The number of benzene rings is 2. The number of nitrogens with zero attached hydrogens (tertiary/aromatic N) is 1. The van der Waals surface area contributed by atoms with Gasteiger partial charge in [-0.05, 0) is 5.56 Å². The molecule has 0 spiro atoms. The number of aliphatic imine (C=N–C) groups is 1. The predicted molar refractivity (Wildman–Crippen MR) is 64.1 cm³/mol. The Labute approximate surface area is 103 Å². The average Bonchev–Trinajstić information content (AvgIpc) is 2.34. The molecule has 0 aliphatic heterocycles. The first kappa shape index (κ1) is 12.4. The lowest BCUT2D eigenvalue weighted by atomic mass is 10.2. The minimum absolute atomic E-state index is 0.317. The summed E-state index contributed by atoms with van der Waals surface area (Å²) in [5.41, 5.74) is 0.601. The Kier molecular flexibility index (Phi) is 3.77. The van der Waals surface area contributed by atoms with E-state index in [2.05, 4.69) is 4.99 Å². The van der Waals surface area contributed by atoms with E-state index in [4.69, 9.17) is 0 Å². The zero-order valence-electron chi connectivity index (χ0n) is 9.41. The molecule has 0 aliphatic carbocycles. The summed E-state index contributed by atoms with van der Waals surface area (Å²) < 4.78 is 39.2. The first-order chi connectivity index (χ1) is 8.66. The Morgan fingerprint density at radius 2 is 1.56 bits per heavy atom. The molecular formula is C14H10F3N. The molecule has 0 aliphatic rings. The molecule has 0 unspecified atom stereocenters. The van der Waals surface area contributed by atoms with Crippen molar-refractivity contribution in [2.75, 3.05) is 0 Å². The van der Waals surface area contributed by atoms with Crippen LogP contribution in [0.1, 0.15) is 11.1 Å². The lowest BCUT2D eigenvalue weighted by Crippen LogP contribution is -1.96. The Morgan fingerprint density at radius 3 is 2.17 bits per heavy atom. The maximum absolute atomic E-state index is 13.3. The number of rotatable bonds is 3. The second kappa shape index (κ2) is 5.49. The summed E-state index contributed by atoms with van der Waals surface area (Å²) in [6.45, 7) is 0.317. The SMILES string of the molecule is Fc1cc(F)c(C=NCc2ccccc2)c(F)c1. The predicted octanol–water partition coefficient (Wildman–Crippen LogP) is 3.72. The molecule has 92 valence electrons. The van der Waals surface area contributed by atoms with Crippen molar-refractivity contribution in [1.29, 1.82) is 0 Å². The minimum atomic E-state index is -0.954. The van der Waals surface area contributed by atoms with E-state index in [1.807, 2.05) is 30.3 Å². The van der Waals surface area contributed by atoms with Crippen LogP contribution in [-0.4, -0.2) is 6.21 Å². The maximum Gasteiger partial charge on any atom is 0.137 e. The Balaban J connectivity index is 2.15. The van der Waals surface area contributed by atoms with Crippen LogP contribution in [-0.2, 0) is 6.54 Å². The summed E-state index contributed by atoms with van der Waals surface area (Å²) in [6, 6.07) is 10.5. The number of halogens is 3. The summed E-state index contributed by atoms with van der Waals surface area (Å²) in [5, 5.41) is 0. The van der Waals surface area contributed by atoms with Crippen LogP contribution in [0.5, 0.6) is 0 Å². The third kappa shape index (κ3) is 2.97. The van der Waals surface area contributed by atoms with Gasteiger partial charge in [0.2, 0.25) is 0 Å². The molecule has 2 aromatic rings. The van der Waals surface area contributed by atoms with E-state index < -0.39 is 17.5 Å². The molecule has 2 aromatic carbocycles. The van der Waals surface area contributed by atoms with Gasteiger partial charge in [-0.1, -0.05) is 30.3 Å². The molecule has 0 saturated heterocycles. The van der Waals surface area contributed by atoms with E-state index in [1.54, 1.807) is 0 Å². The quantitative estimate of drug-likeness (QED) is 0.735. The lowest BCUT2D eigenvalue weighted by Gasteiger charge is -1.99. The molecule has 0 N–H and O–H groups in total. The summed E-state index contributed by atoms with van der Waals surface area (Å²) in [7, 11) is 0. The molecule has 0 heterocycles. The van der Waals surface area contributed by atoms with Gasteiger partial charge in [-0.2, -0.15) is 0 Å². The van der Waals surface area contributed by atoms with Crippen molar-refractivity contribution in [3.63, 3.8) is 0 Å². The fourth-order valence-electron chi connectivity index (χ4n) is 1.50. The highest BCUT2D eigenvalue weighted by Crippen LogP contribution is 2.13. The standard InChI is InChI=1S/C14H10F3N/c15-11-6-13(16)12(14(17)7-11)9-18-8-10-4-2-1-3-5-10/h1-7,9H,8H2. The molecule has 0 bridgehead atoms. The van der Waals surface area contributed by atoms with Crippen molar-refractivity contribution < 1.29 is 13.2 Å². The van der Waals surface area contributed by atoms with Gasteiger partial charge in [-0.15, -0.1) is 0 Å². The first-order valence-electron chi connectivity index (χ1n) is 5.35. The van der Waals surface area contributed by atoms with Crippen LogP contribution in [0.15, 0.2) is 47.5 Å². The van der Waals surface area contributed by atoms with Gasteiger partial charge in [0.1, 0.15) is 17.5 Å². The number of hydrogen-bond donors (Lipinski definition) is 0. The van der Waals surface area contributed by atoms with E-state index >= 15 is 0 Å². The van der Waals surface area contributed by atoms with Gasteiger partial charge in [-0.25, -0.2) is 13.2 Å². The van der Waals surface area contributed by atoms with Gasteiger partial charge >= 0.3 is 0 Å². The molecule has 0 amide bonds. The Morgan fingerprint density at radius 1 is 0.944 bits per heavy atom. The zero-order valence-corrected chi connectivity index (χ0v) is 9.41. The Bertz CT molecular complexity index is 542. The zero-order chi connectivity index (χ0) is 13.0. The smallest absolute Gasteiger partial charge is 0.137 e. The topological polar surface area (TPSA) is 12.4 Å². The normalized spacial score (nSPS) is 11.1. The highest BCUT2D eigenvalue weighted by molar-refractivity contribution is 5.80. The van der Waals surface area contributed by atoms with Crippen LogP contribution in [0.25, 0.3) is 0 Å². The lowest BCUT2D eigenvalue weighted by molar-refractivity contribution is 0.541. The fraction of sp³-hybridized carbons (Fsp3) is 0.0714. The van der Waals surface area contributed by atoms with Crippen molar-refractivity contribution in [3.05, 3.63) is 71.0 Å². The first-order valence-corrected chi connectivity index (χ1v) is 5.35. The highest BCUT2D eigenvalue weighted by Gasteiger charge is 2.08. The summed E-state index contributed by atoms with van der Waals surface area (Å²) in [6.07, 6.45) is 1.08. The van der Waals surface area contributed by atoms with Crippen LogP contribution >= 0.6 is 0 Å². The van der Waals surface area contributed by atoms with Crippen molar-refractivity contribution in [3.8, 4) is 0 Å². The molecule has 0 saturated carbocycles. The summed E-state index contributed by atoms with van der Waals surface area (Å²) in [5.74, 6) is -2.85. The molecule has 0 radical (unpaired) electrons. The Hall–Kier alpha value is -2.10. The highest BCUT2D eigenvalue weighted by atomic mass is 19.1. The summed E-state index contributed by atoms with van der Waals surface area (Å²) in [4.78, 5) is 3.94. The molecule has 0 fully saturated rings. The molecule has 4 heteroatoms. The molecule has 18 heavy (non-hydrogen) atoms. The van der Waals surface area contributed by atoms with E-state index in [9.17, 15) is 13.2 Å². The fourth-order valence-corrected chi connectivity index (χ4v) is 1.50. The van der Waals surface area contributed by atoms with E-state index in [0.29, 0.717) is 18.7 Å². The van der Waals surface area contributed by atoms with Gasteiger partial charge in [0, 0.05) is 18.3 Å². The molecule has 0 atom stereocenters. The summed E-state index contributed by atoms with van der Waals surface area (Å²) >= 11 is 0. The van der Waals surface area contributed by atoms with E-state index in [-0.39, 0.29) is 5.56 Å². The average molecular weight is 249 g/mol. The van der Waals surface area contributed by atoms with Crippen LogP contribution in [0, 0.1) is 17.5 Å². The van der Waals surface area contributed by atoms with Gasteiger partial charge in [0.15, 0.2) is 0 Å². The van der Waals surface area contributed by atoms with Gasteiger partial charge in [0.05, 0.1) is 12.1 Å².